The SMILES string of the molecule is CCCCn1c(N)c(N(CC)C(=O)C(C)Oc2ccc(F)cc2)c(=O)[nH]c1=O. The maximum atomic E-state index is 13.0. The molecule has 0 saturated heterocycles. The first-order valence-electron chi connectivity index (χ1n) is 9.16. The van der Waals surface area contributed by atoms with E-state index >= 15 is 0 Å². The number of ether oxygens (including phenoxy) is 1. The number of hydrogen-bond acceptors (Lipinski definition) is 5. The van der Waals surface area contributed by atoms with E-state index in [-0.39, 0.29) is 18.1 Å². The van der Waals surface area contributed by atoms with Gasteiger partial charge in [0, 0.05) is 13.1 Å². The standard InChI is InChI=1S/C19H25FN4O4/c1-4-6-11-24-16(21)15(17(25)22-19(24)27)23(5-2)18(26)12(3)28-14-9-7-13(20)8-10-14/h7-10,12H,4-6,11,21H2,1-3H3,(H,22,25,27). The third kappa shape index (κ3) is 4.59. The molecular formula is C19H25FN4O4. The molecule has 9 heteroatoms. The van der Waals surface area contributed by atoms with Crippen LogP contribution in [0.2, 0.25) is 0 Å². The number of hydrogen-bond donors (Lipinski definition) is 2. The molecule has 28 heavy (non-hydrogen) atoms. The van der Waals surface area contributed by atoms with Crippen LogP contribution in [0.1, 0.15) is 33.6 Å². The van der Waals surface area contributed by atoms with Crippen LogP contribution < -0.4 is 26.6 Å². The zero-order valence-electron chi connectivity index (χ0n) is 16.2. The highest BCUT2D eigenvalue weighted by atomic mass is 19.1. The maximum absolute atomic E-state index is 13.0. The van der Waals surface area contributed by atoms with Gasteiger partial charge < -0.3 is 15.4 Å². The molecule has 1 heterocycles. The van der Waals surface area contributed by atoms with Crippen LogP contribution in [0.5, 0.6) is 5.75 Å². The van der Waals surface area contributed by atoms with Crippen LogP contribution in [0.3, 0.4) is 0 Å². The Bertz CT molecular complexity index is 936. The van der Waals surface area contributed by atoms with Gasteiger partial charge in [-0.3, -0.25) is 19.1 Å². The topological polar surface area (TPSA) is 110 Å². The molecule has 3 N–H and O–H groups in total. The molecule has 0 radical (unpaired) electrons. The van der Waals surface area contributed by atoms with E-state index in [4.69, 9.17) is 10.5 Å². The van der Waals surface area contributed by atoms with Crippen molar-refractivity contribution in [2.75, 3.05) is 17.2 Å². The van der Waals surface area contributed by atoms with E-state index in [1.54, 1.807) is 6.92 Å². The molecule has 0 bridgehead atoms. The second kappa shape index (κ2) is 9.20. The molecular weight excluding hydrogens is 367 g/mol. The number of carbonyl (C=O) groups excluding carboxylic acids is 1. The summed E-state index contributed by atoms with van der Waals surface area (Å²) in [5.74, 6) is -0.681. The van der Waals surface area contributed by atoms with E-state index in [2.05, 4.69) is 4.98 Å². The zero-order valence-corrected chi connectivity index (χ0v) is 16.2. The number of unbranched alkanes of at least 4 members (excludes halogenated alkanes) is 1. The molecule has 1 unspecified atom stereocenters. The average Bonchev–Trinajstić information content (AvgIpc) is 2.66. The predicted octanol–water partition coefficient (Wildman–Crippen LogP) is 1.88. The molecule has 0 fully saturated rings. The van der Waals surface area contributed by atoms with Gasteiger partial charge in [-0.2, -0.15) is 0 Å². The lowest BCUT2D eigenvalue weighted by Gasteiger charge is -2.26. The number of benzene rings is 1. The second-order valence-electron chi connectivity index (χ2n) is 6.29. The quantitative estimate of drug-likeness (QED) is 0.713. The number of amides is 1. The van der Waals surface area contributed by atoms with E-state index < -0.39 is 29.1 Å². The molecule has 1 atom stereocenters. The van der Waals surface area contributed by atoms with E-state index in [9.17, 15) is 18.8 Å². The number of nitrogen functional groups attached to an aromatic ring is 1. The Balaban J connectivity index is 2.35. The number of nitrogens with zero attached hydrogens (tertiary/aromatic N) is 2. The fraction of sp³-hybridized carbons (Fsp3) is 0.421. The van der Waals surface area contributed by atoms with Gasteiger partial charge in [0.1, 0.15) is 17.4 Å². The summed E-state index contributed by atoms with van der Waals surface area (Å²) >= 11 is 0. The van der Waals surface area contributed by atoms with Crippen molar-refractivity contribution in [2.24, 2.45) is 0 Å². The number of aromatic nitrogens is 2. The predicted molar refractivity (Wildman–Crippen MR) is 105 cm³/mol. The molecule has 152 valence electrons. The lowest BCUT2D eigenvalue weighted by molar-refractivity contribution is -0.124. The van der Waals surface area contributed by atoms with Crippen LogP contribution in [-0.4, -0.2) is 28.1 Å². The number of nitrogens with two attached hydrogens (primary N) is 1. The maximum Gasteiger partial charge on any atom is 0.330 e. The minimum atomic E-state index is -0.958. The molecule has 1 aromatic heterocycles. The van der Waals surface area contributed by atoms with E-state index in [0.717, 1.165) is 6.42 Å². The summed E-state index contributed by atoms with van der Waals surface area (Å²) in [6, 6.07) is 5.25. The van der Waals surface area contributed by atoms with Crippen molar-refractivity contribution in [1.29, 1.82) is 0 Å². The van der Waals surface area contributed by atoms with Gasteiger partial charge in [0.2, 0.25) is 0 Å². The highest BCUT2D eigenvalue weighted by molar-refractivity contribution is 5.98. The summed E-state index contributed by atoms with van der Waals surface area (Å²) in [7, 11) is 0. The van der Waals surface area contributed by atoms with Gasteiger partial charge in [0.05, 0.1) is 0 Å². The van der Waals surface area contributed by atoms with Crippen molar-refractivity contribution in [2.45, 2.75) is 46.3 Å². The number of aromatic amines is 1. The van der Waals surface area contributed by atoms with Gasteiger partial charge >= 0.3 is 5.69 Å². The summed E-state index contributed by atoms with van der Waals surface area (Å²) in [6.45, 7) is 5.65. The van der Waals surface area contributed by atoms with E-state index in [0.29, 0.717) is 18.7 Å². The lowest BCUT2D eigenvalue weighted by atomic mass is 10.2. The number of carbonyl (C=O) groups is 1. The molecule has 2 aromatic rings. The van der Waals surface area contributed by atoms with Crippen LogP contribution >= 0.6 is 0 Å². The molecule has 0 aliphatic heterocycles. The summed E-state index contributed by atoms with van der Waals surface area (Å²) in [5, 5.41) is 0. The Morgan fingerprint density at radius 3 is 2.50 bits per heavy atom. The first kappa shape index (κ1) is 21.2. The number of anilines is 2. The Hall–Kier alpha value is -3.10. The van der Waals surface area contributed by atoms with Gasteiger partial charge in [0.25, 0.3) is 11.5 Å². The van der Waals surface area contributed by atoms with Gasteiger partial charge in [-0.15, -0.1) is 0 Å². The largest absolute Gasteiger partial charge is 0.481 e. The summed E-state index contributed by atoms with van der Waals surface area (Å²) in [4.78, 5) is 40.7. The number of likely N-dealkylation sites (N-methyl/N-ethyl adjacent to an activating group) is 1. The molecule has 0 spiro atoms. The summed E-state index contributed by atoms with van der Waals surface area (Å²) in [5.41, 5.74) is 4.64. The first-order valence-corrected chi connectivity index (χ1v) is 9.16. The number of halogens is 1. The zero-order chi connectivity index (χ0) is 20.8. The highest BCUT2D eigenvalue weighted by Gasteiger charge is 2.27. The Morgan fingerprint density at radius 1 is 1.29 bits per heavy atom. The third-order valence-electron chi connectivity index (χ3n) is 4.28. The third-order valence-corrected chi connectivity index (χ3v) is 4.28. The van der Waals surface area contributed by atoms with Crippen LogP contribution in [0, 0.1) is 5.82 Å². The molecule has 0 saturated carbocycles. The molecule has 2 rings (SSSR count). The Labute approximate surface area is 161 Å². The molecule has 0 aliphatic rings. The first-order chi connectivity index (χ1) is 13.3. The van der Waals surface area contributed by atoms with Crippen LogP contribution in [0.15, 0.2) is 33.9 Å². The van der Waals surface area contributed by atoms with Crippen LogP contribution in [0.4, 0.5) is 15.9 Å². The fourth-order valence-electron chi connectivity index (χ4n) is 2.79. The van der Waals surface area contributed by atoms with Crippen molar-refractivity contribution in [3.8, 4) is 5.75 Å². The summed E-state index contributed by atoms with van der Waals surface area (Å²) < 4.78 is 19.8. The van der Waals surface area contributed by atoms with E-state index in [1.165, 1.54) is 40.7 Å². The monoisotopic (exact) mass is 392 g/mol. The van der Waals surface area contributed by atoms with Gasteiger partial charge in [-0.1, -0.05) is 13.3 Å². The van der Waals surface area contributed by atoms with Crippen molar-refractivity contribution in [3.05, 3.63) is 50.9 Å². The Morgan fingerprint density at radius 2 is 1.93 bits per heavy atom. The van der Waals surface area contributed by atoms with Crippen LogP contribution in [-0.2, 0) is 11.3 Å². The van der Waals surface area contributed by atoms with Crippen molar-refractivity contribution in [3.63, 3.8) is 0 Å². The highest BCUT2D eigenvalue weighted by Crippen LogP contribution is 2.20. The van der Waals surface area contributed by atoms with E-state index in [1.807, 2.05) is 6.92 Å². The molecule has 0 aliphatic carbocycles. The minimum absolute atomic E-state index is 0.0635. The average molecular weight is 392 g/mol. The summed E-state index contributed by atoms with van der Waals surface area (Å²) in [6.07, 6.45) is 0.569. The number of rotatable bonds is 8. The van der Waals surface area contributed by atoms with Crippen LogP contribution in [0.25, 0.3) is 0 Å². The van der Waals surface area contributed by atoms with Crippen molar-refractivity contribution in [1.82, 2.24) is 9.55 Å². The lowest BCUT2D eigenvalue weighted by Crippen LogP contribution is -2.45. The second-order valence-corrected chi connectivity index (χ2v) is 6.29. The molecule has 8 nitrogen and oxygen atoms in total. The minimum Gasteiger partial charge on any atom is -0.481 e. The normalized spacial score (nSPS) is 11.9. The number of H-pyrrole nitrogens is 1. The van der Waals surface area contributed by atoms with Gasteiger partial charge in [-0.25, -0.2) is 9.18 Å². The fourth-order valence-corrected chi connectivity index (χ4v) is 2.79. The van der Waals surface area contributed by atoms with Gasteiger partial charge in [0.15, 0.2) is 11.8 Å². The number of nitrogens with one attached hydrogen (secondary N) is 1. The Kier molecular flexibility index (Phi) is 6.97. The van der Waals surface area contributed by atoms with Gasteiger partial charge in [-0.05, 0) is 44.5 Å². The smallest absolute Gasteiger partial charge is 0.330 e. The molecule has 1 amide bonds. The molecule has 1 aromatic carbocycles. The van der Waals surface area contributed by atoms with Crippen molar-refractivity contribution >= 4 is 17.4 Å². The van der Waals surface area contributed by atoms with Crippen molar-refractivity contribution < 1.29 is 13.9 Å².